The number of benzene rings is 1. The lowest BCUT2D eigenvalue weighted by Gasteiger charge is -2.10. The van der Waals surface area contributed by atoms with Crippen molar-refractivity contribution in [1.82, 2.24) is 20.2 Å². The Balaban J connectivity index is 1.74. The van der Waals surface area contributed by atoms with Gasteiger partial charge in [-0.1, -0.05) is 6.07 Å². The molecule has 0 unspecified atom stereocenters. The highest BCUT2D eigenvalue weighted by molar-refractivity contribution is 6.03. The number of likely N-dealkylation sites (N-methyl/N-ethyl adjacent to an activating group) is 1. The topological polar surface area (TPSA) is 112 Å². The summed E-state index contributed by atoms with van der Waals surface area (Å²) in [5.74, 6) is 1.31. The maximum atomic E-state index is 12.6. The van der Waals surface area contributed by atoms with Crippen LogP contribution in [0.1, 0.15) is 11.1 Å². The minimum Gasteiger partial charge on any atom is -0.493 e. The molecule has 2 N–H and O–H groups in total. The summed E-state index contributed by atoms with van der Waals surface area (Å²) in [5, 5.41) is 13.1. The van der Waals surface area contributed by atoms with Crippen LogP contribution in [0.2, 0.25) is 0 Å². The van der Waals surface area contributed by atoms with Crippen LogP contribution in [0, 0.1) is 11.3 Å². The van der Waals surface area contributed by atoms with E-state index in [0.29, 0.717) is 35.1 Å². The number of hydrogen-bond acceptors (Lipinski definition) is 7. The van der Waals surface area contributed by atoms with Crippen molar-refractivity contribution in [2.75, 3.05) is 41.5 Å². The van der Waals surface area contributed by atoms with E-state index in [4.69, 9.17) is 14.2 Å². The Hall–Kier alpha value is -4.03. The van der Waals surface area contributed by atoms with Gasteiger partial charge in [0.1, 0.15) is 29.6 Å². The molecule has 0 radical (unpaired) electrons. The Morgan fingerprint density at radius 2 is 2.03 bits per heavy atom. The molecule has 0 aliphatic heterocycles. The number of rotatable bonds is 10. The molecular weight excluding hydrogens is 422 g/mol. The van der Waals surface area contributed by atoms with Crippen LogP contribution in [0.25, 0.3) is 17.1 Å². The van der Waals surface area contributed by atoms with Gasteiger partial charge in [-0.2, -0.15) is 5.26 Å². The van der Waals surface area contributed by atoms with Gasteiger partial charge in [-0.05, 0) is 43.9 Å². The first-order valence-corrected chi connectivity index (χ1v) is 10.3. The van der Waals surface area contributed by atoms with Crippen molar-refractivity contribution in [2.24, 2.45) is 0 Å². The number of carbonyl (C=O) groups is 1. The Labute approximate surface area is 192 Å². The summed E-state index contributed by atoms with van der Waals surface area (Å²) >= 11 is 0. The zero-order valence-electron chi connectivity index (χ0n) is 19.1. The van der Waals surface area contributed by atoms with E-state index in [-0.39, 0.29) is 12.1 Å². The number of ether oxygens (including phenoxy) is 3. The van der Waals surface area contributed by atoms with Gasteiger partial charge in [0.2, 0.25) is 0 Å². The number of aromatic amines is 1. The third-order valence-corrected chi connectivity index (χ3v) is 4.91. The van der Waals surface area contributed by atoms with E-state index in [1.807, 2.05) is 37.2 Å². The SMILES string of the molecule is COc1ccc(CNC(=O)/C(C#N)=C/c2c[nH]c3ncc(OCCN(C)C)cc23)cc1OC. The number of carbonyl (C=O) groups excluding carboxylic acids is 1. The first-order chi connectivity index (χ1) is 15.9. The smallest absolute Gasteiger partial charge is 0.262 e. The summed E-state index contributed by atoms with van der Waals surface area (Å²) in [6.07, 6.45) is 4.89. The van der Waals surface area contributed by atoms with Crippen molar-refractivity contribution in [3.63, 3.8) is 0 Å². The van der Waals surface area contributed by atoms with Crippen LogP contribution in [-0.4, -0.2) is 62.2 Å². The molecule has 33 heavy (non-hydrogen) atoms. The highest BCUT2D eigenvalue weighted by Gasteiger charge is 2.13. The second kappa shape index (κ2) is 11.0. The lowest BCUT2D eigenvalue weighted by Crippen LogP contribution is -2.24. The minimum absolute atomic E-state index is 0.0182. The number of pyridine rings is 1. The molecule has 3 aromatic rings. The molecule has 0 atom stereocenters. The van der Waals surface area contributed by atoms with Crippen LogP contribution in [0.15, 0.2) is 42.2 Å². The lowest BCUT2D eigenvalue weighted by molar-refractivity contribution is -0.117. The van der Waals surface area contributed by atoms with Gasteiger partial charge in [-0.25, -0.2) is 4.98 Å². The molecule has 0 saturated carbocycles. The van der Waals surface area contributed by atoms with Crippen molar-refractivity contribution >= 4 is 23.0 Å². The van der Waals surface area contributed by atoms with Crippen LogP contribution in [0.3, 0.4) is 0 Å². The van der Waals surface area contributed by atoms with Crippen molar-refractivity contribution in [3.8, 4) is 23.3 Å². The molecule has 9 heteroatoms. The summed E-state index contributed by atoms with van der Waals surface area (Å²) in [6, 6.07) is 9.18. The zero-order chi connectivity index (χ0) is 23.8. The highest BCUT2D eigenvalue weighted by Crippen LogP contribution is 2.27. The molecule has 2 aromatic heterocycles. The van der Waals surface area contributed by atoms with Crippen molar-refractivity contribution in [2.45, 2.75) is 6.54 Å². The predicted molar refractivity (Wildman–Crippen MR) is 125 cm³/mol. The number of nitrogens with zero attached hydrogens (tertiary/aromatic N) is 3. The van der Waals surface area contributed by atoms with Crippen molar-refractivity contribution < 1.29 is 19.0 Å². The molecule has 1 aromatic carbocycles. The summed E-state index contributed by atoms with van der Waals surface area (Å²) in [5.41, 5.74) is 2.11. The molecule has 2 heterocycles. The number of nitrogens with one attached hydrogen (secondary N) is 2. The van der Waals surface area contributed by atoms with Crippen molar-refractivity contribution in [3.05, 3.63) is 53.4 Å². The third-order valence-electron chi connectivity index (χ3n) is 4.91. The van der Waals surface area contributed by atoms with E-state index in [1.54, 1.807) is 38.7 Å². The van der Waals surface area contributed by atoms with E-state index in [1.165, 1.54) is 6.08 Å². The number of H-pyrrole nitrogens is 1. The molecule has 0 saturated heterocycles. The van der Waals surface area contributed by atoms with Gasteiger partial charge < -0.3 is 29.4 Å². The average molecular weight is 450 g/mol. The van der Waals surface area contributed by atoms with Gasteiger partial charge in [0.05, 0.1) is 20.4 Å². The molecule has 172 valence electrons. The van der Waals surface area contributed by atoms with Crippen molar-refractivity contribution in [1.29, 1.82) is 5.26 Å². The number of fused-ring (bicyclic) bond motifs is 1. The monoisotopic (exact) mass is 449 g/mol. The van der Waals surface area contributed by atoms with E-state index < -0.39 is 5.91 Å². The zero-order valence-corrected chi connectivity index (χ0v) is 19.1. The Morgan fingerprint density at radius 3 is 2.73 bits per heavy atom. The second-order valence-corrected chi connectivity index (χ2v) is 7.50. The fourth-order valence-corrected chi connectivity index (χ4v) is 3.12. The summed E-state index contributed by atoms with van der Waals surface area (Å²) < 4.78 is 16.3. The van der Waals surface area contributed by atoms with Gasteiger partial charge in [-0.15, -0.1) is 0 Å². The maximum Gasteiger partial charge on any atom is 0.262 e. The molecule has 0 spiro atoms. The summed E-state index contributed by atoms with van der Waals surface area (Å²) in [4.78, 5) is 22.1. The first-order valence-electron chi connectivity index (χ1n) is 10.3. The summed E-state index contributed by atoms with van der Waals surface area (Å²) in [7, 11) is 7.05. The van der Waals surface area contributed by atoms with Crippen LogP contribution >= 0.6 is 0 Å². The minimum atomic E-state index is -0.479. The van der Waals surface area contributed by atoms with E-state index in [9.17, 15) is 10.1 Å². The van der Waals surface area contributed by atoms with Gasteiger partial charge in [-0.3, -0.25) is 4.79 Å². The lowest BCUT2D eigenvalue weighted by atomic mass is 10.1. The highest BCUT2D eigenvalue weighted by atomic mass is 16.5. The van der Waals surface area contributed by atoms with Gasteiger partial charge in [0, 0.05) is 30.2 Å². The average Bonchev–Trinajstić information content (AvgIpc) is 3.22. The molecule has 1 amide bonds. The number of methoxy groups -OCH3 is 2. The van der Waals surface area contributed by atoms with E-state index in [0.717, 1.165) is 17.5 Å². The molecule has 0 fully saturated rings. The Bertz CT molecular complexity index is 1190. The van der Waals surface area contributed by atoms with Crippen LogP contribution in [0.4, 0.5) is 0 Å². The fraction of sp³-hybridized carbons (Fsp3) is 0.292. The number of hydrogen-bond donors (Lipinski definition) is 2. The predicted octanol–water partition coefficient (Wildman–Crippen LogP) is 2.74. The molecule has 3 rings (SSSR count). The van der Waals surface area contributed by atoms with Crippen LogP contribution < -0.4 is 19.5 Å². The number of aromatic nitrogens is 2. The standard InChI is InChI=1S/C24H27N5O4/c1-29(2)7-8-33-19-11-20-18(14-26-23(20)27-15-19)10-17(12-25)24(30)28-13-16-5-6-21(31-3)22(9-16)32-4/h5-6,9-11,14-15H,7-8,13H2,1-4H3,(H,26,27)(H,28,30)/b17-10+. The number of amides is 1. The largest absolute Gasteiger partial charge is 0.493 e. The fourth-order valence-electron chi connectivity index (χ4n) is 3.12. The van der Waals surface area contributed by atoms with E-state index >= 15 is 0 Å². The molecule has 9 nitrogen and oxygen atoms in total. The quantitative estimate of drug-likeness (QED) is 0.361. The molecular formula is C24H27N5O4. The second-order valence-electron chi connectivity index (χ2n) is 7.50. The first kappa shape index (κ1) is 23.6. The van der Waals surface area contributed by atoms with Gasteiger partial charge in [0.15, 0.2) is 11.5 Å². The molecule has 0 aliphatic carbocycles. The van der Waals surface area contributed by atoms with Gasteiger partial charge >= 0.3 is 0 Å². The molecule has 0 aliphatic rings. The third kappa shape index (κ3) is 6.02. The van der Waals surface area contributed by atoms with Gasteiger partial charge in [0.25, 0.3) is 5.91 Å². The summed E-state index contributed by atoms with van der Waals surface area (Å²) in [6.45, 7) is 1.53. The molecule has 0 bridgehead atoms. The van der Waals surface area contributed by atoms with E-state index in [2.05, 4.69) is 15.3 Å². The maximum absolute atomic E-state index is 12.6. The van der Waals surface area contributed by atoms with Crippen LogP contribution in [-0.2, 0) is 11.3 Å². The normalized spacial score (nSPS) is 11.3. The van der Waals surface area contributed by atoms with Crippen LogP contribution in [0.5, 0.6) is 17.2 Å². The number of nitriles is 1. The Kier molecular flexibility index (Phi) is 7.89. The Morgan fingerprint density at radius 1 is 1.24 bits per heavy atom.